The zero-order valence-electron chi connectivity index (χ0n) is 14.2. The molecular formula is C18H18FNO5S. The number of amides is 1. The number of fused-ring (bicyclic) bond motifs is 1. The van der Waals surface area contributed by atoms with Gasteiger partial charge in [-0.05, 0) is 25.5 Å². The molecule has 2 heterocycles. The van der Waals surface area contributed by atoms with Crippen LogP contribution in [0.5, 0.6) is 0 Å². The zero-order valence-corrected chi connectivity index (χ0v) is 15.0. The third-order valence-corrected chi connectivity index (χ3v) is 5.36. The zero-order chi connectivity index (χ0) is 18.7. The molecule has 1 N–H and O–H groups in total. The molecule has 8 heteroatoms. The topological polar surface area (TPSA) is 81.7 Å². The number of rotatable bonds is 5. The number of carbonyl (C=O) groups is 3. The molecule has 1 saturated heterocycles. The van der Waals surface area contributed by atoms with Crippen molar-refractivity contribution in [3.63, 3.8) is 0 Å². The molecule has 1 unspecified atom stereocenters. The number of nitrogens with one attached hydrogen (secondary N) is 1. The molecule has 0 saturated carbocycles. The molecule has 1 amide bonds. The third kappa shape index (κ3) is 3.70. The van der Waals surface area contributed by atoms with Gasteiger partial charge in [-0.3, -0.25) is 9.59 Å². The van der Waals surface area contributed by atoms with Crippen LogP contribution in [-0.4, -0.2) is 31.0 Å². The fourth-order valence-corrected chi connectivity index (χ4v) is 3.98. The minimum absolute atomic E-state index is 0.0930. The average molecular weight is 379 g/mol. The monoisotopic (exact) mass is 379 g/mol. The van der Waals surface area contributed by atoms with E-state index >= 15 is 0 Å². The SMILES string of the molecule is CCOC(=O)c1sc2cccc(F)c2c1COC(=O)C1CCC(=O)NC1. The van der Waals surface area contributed by atoms with Gasteiger partial charge in [0, 0.05) is 28.6 Å². The number of ether oxygens (including phenoxy) is 2. The lowest BCUT2D eigenvalue weighted by Gasteiger charge is -2.20. The predicted octanol–water partition coefficient (Wildman–Crippen LogP) is 2.79. The third-order valence-electron chi connectivity index (χ3n) is 4.18. The van der Waals surface area contributed by atoms with Crippen LogP contribution in [0.3, 0.4) is 0 Å². The number of thiophene rings is 1. The van der Waals surface area contributed by atoms with Crippen molar-refractivity contribution in [2.45, 2.75) is 26.4 Å². The summed E-state index contributed by atoms with van der Waals surface area (Å²) in [7, 11) is 0. The van der Waals surface area contributed by atoms with E-state index in [2.05, 4.69) is 5.32 Å². The molecule has 138 valence electrons. The summed E-state index contributed by atoms with van der Waals surface area (Å²) in [6.07, 6.45) is 0.679. The number of hydrogen-bond donors (Lipinski definition) is 1. The maximum Gasteiger partial charge on any atom is 0.348 e. The Labute approximate surface area is 153 Å². The highest BCUT2D eigenvalue weighted by atomic mass is 32.1. The molecule has 1 aromatic heterocycles. The van der Waals surface area contributed by atoms with E-state index in [1.54, 1.807) is 19.1 Å². The maximum absolute atomic E-state index is 14.3. The number of hydrogen-bond acceptors (Lipinski definition) is 6. The summed E-state index contributed by atoms with van der Waals surface area (Å²) in [5.74, 6) is -2.05. The predicted molar refractivity (Wildman–Crippen MR) is 93.3 cm³/mol. The highest BCUT2D eigenvalue weighted by Gasteiger charge is 2.27. The smallest absolute Gasteiger partial charge is 0.348 e. The van der Waals surface area contributed by atoms with Gasteiger partial charge < -0.3 is 14.8 Å². The molecule has 2 aromatic rings. The molecule has 0 spiro atoms. The minimum atomic E-state index is -0.566. The minimum Gasteiger partial charge on any atom is -0.462 e. The fraction of sp³-hybridized carbons (Fsp3) is 0.389. The van der Waals surface area contributed by atoms with Gasteiger partial charge in [0.15, 0.2) is 0 Å². The average Bonchev–Trinajstić information content (AvgIpc) is 3.00. The van der Waals surface area contributed by atoms with E-state index in [-0.39, 0.29) is 42.3 Å². The Kier molecular flexibility index (Phi) is 5.51. The number of carbonyl (C=O) groups excluding carboxylic acids is 3. The van der Waals surface area contributed by atoms with Crippen LogP contribution in [0, 0.1) is 11.7 Å². The number of halogens is 1. The molecule has 3 rings (SSSR count). The van der Waals surface area contributed by atoms with Crippen LogP contribution in [0.1, 0.15) is 35.0 Å². The molecule has 1 atom stereocenters. The van der Waals surface area contributed by atoms with Gasteiger partial charge in [-0.2, -0.15) is 0 Å². The van der Waals surface area contributed by atoms with Crippen molar-refractivity contribution >= 4 is 39.3 Å². The Hall–Kier alpha value is -2.48. The first-order valence-corrected chi connectivity index (χ1v) is 9.13. The van der Waals surface area contributed by atoms with E-state index in [1.165, 1.54) is 6.07 Å². The van der Waals surface area contributed by atoms with Crippen molar-refractivity contribution in [3.8, 4) is 0 Å². The van der Waals surface area contributed by atoms with Crippen LogP contribution < -0.4 is 5.32 Å². The van der Waals surface area contributed by atoms with Gasteiger partial charge in [-0.15, -0.1) is 11.3 Å². The van der Waals surface area contributed by atoms with E-state index in [0.29, 0.717) is 16.7 Å². The molecule has 0 bridgehead atoms. The fourth-order valence-electron chi connectivity index (χ4n) is 2.86. The second kappa shape index (κ2) is 7.82. The Morgan fingerprint density at radius 2 is 2.15 bits per heavy atom. The lowest BCUT2D eigenvalue weighted by Crippen LogP contribution is -2.39. The number of benzene rings is 1. The summed E-state index contributed by atoms with van der Waals surface area (Å²) >= 11 is 1.11. The molecule has 0 radical (unpaired) electrons. The van der Waals surface area contributed by atoms with E-state index in [9.17, 15) is 18.8 Å². The van der Waals surface area contributed by atoms with Crippen molar-refractivity contribution in [1.82, 2.24) is 5.32 Å². The molecule has 1 aliphatic rings. The summed E-state index contributed by atoms with van der Waals surface area (Å²) in [6.45, 7) is 1.87. The normalized spacial score (nSPS) is 17.0. The number of esters is 2. The lowest BCUT2D eigenvalue weighted by molar-refractivity contribution is -0.151. The molecule has 6 nitrogen and oxygen atoms in total. The quantitative estimate of drug-likeness (QED) is 0.808. The Bertz CT molecular complexity index is 853. The molecule has 26 heavy (non-hydrogen) atoms. The van der Waals surface area contributed by atoms with E-state index in [4.69, 9.17) is 9.47 Å². The summed E-state index contributed by atoms with van der Waals surface area (Å²) in [5, 5.41) is 2.89. The van der Waals surface area contributed by atoms with Crippen molar-refractivity contribution in [3.05, 3.63) is 34.5 Å². The Morgan fingerprint density at radius 3 is 2.85 bits per heavy atom. The molecule has 0 aliphatic carbocycles. The lowest BCUT2D eigenvalue weighted by atomic mass is 9.99. The van der Waals surface area contributed by atoms with Crippen molar-refractivity contribution in [1.29, 1.82) is 0 Å². The van der Waals surface area contributed by atoms with Gasteiger partial charge in [0.1, 0.15) is 17.3 Å². The van der Waals surface area contributed by atoms with Crippen LogP contribution in [0.15, 0.2) is 18.2 Å². The molecule has 1 aromatic carbocycles. The standard InChI is InChI=1S/C18H18FNO5S/c1-2-24-18(23)16-11(15-12(19)4-3-5-13(15)26-16)9-25-17(22)10-6-7-14(21)20-8-10/h3-5,10H,2,6-9H2,1H3,(H,20,21). The van der Waals surface area contributed by atoms with E-state index in [0.717, 1.165) is 11.3 Å². The molecule has 1 fully saturated rings. The summed E-state index contributed by atoms with van der Waals surface area (Å²) in [5.41, 5.74) is 0.315. The van der Waals surface area contributed by atoms with Crippen LogP contribution in [0.25, 0.3) is 10.1 Å². The summed E-state index contributed by atoms with van der Waals surface area (Å²) < 4.78 is 25.3. The van der Waals surface area contributed by atoms with Crippen LogP contribution in [-0.2, 0) is 25.7 Å². The van der Waals surface area contributed by atoms with Crippen molar-refractivity contribution in [2.24, 2.45) is 5.92 Å². The Balaban J connectivity index is 1.83. The second-order valence-electron chi connectivity index (χ2n) is 5.89. The van der Waals surface area contributed by atoms with Crippen molar-refractivity contribution in [2.75, 3.05) is 13.2 Å². The highest BCUT2D eigenvalue weighted by Crippen LogP contribution is 2.34. The first kappa shape index (κ1) is 18.3. The van der Waals surface area contributed by atoms with Crippen LogP contribution in [0.2, 0.25) is 0 Å². The van der Waals surface area contributed by atoms with Gasteiger partial charge >= 0.3 is 11.9 Å². The summed E-state index contributed by atoms with van der Waals surface area (Å²) in [6, 6.07) is 4.56. The van der Waals surface area contributed by atoms with Gasteiger partial charge in [-0.1, -0.05) is 6.07 Å². The largest absolute Gasteiger partial charge is 0.462 e. The first-order chi connectivity index (χ1) is 12.5. The Morgan fingerprint density at radius 1 is 1.35 bits per heavy atom. The maximum atomic E-state index is 14.3. The van der Waals surface area contributed by atoms with E-state index < -0.39 is 23.7 Å². The van der Waals surface area contributed by atoms with Crippen LogP contribution in [0.4, 0.5) is 4.39 Å². The van der Waals surface area contributed by atoms with Gasteiger partial charge in [0.25, 0.3) is 0 Å². The number of piperidine rings is 1. The van der Waals surface area contributed by atoms with Gasteiger partial charge in [0.2, 0.25) is 5.91 Å². The second-order valence-corrected chi connectivity index (χ2v) is 6.94. The van der Waals surface area contributed by atoms with Gasteiger partial charge in [-0.25, -0.2) is 9.18 Å². The molecule has 1 aliphatic heterocycles. The molecular weight excluding hydrogens is 361 g/mol. The highest BCUT2D eigenvalue weighted by molar-refractivity contribution is 7.21. The van der Waals surface area contributed by atoms with E-state index in [1.807, 2.05) is 0 Å². The van der Waals surface area contributed by atoms with Gasteiger partial charge in [0.05, 0.1) is 12.5 Å². The summed E-state index contributed by atoms with van der Waals surface area (Å²) in [4.78, 5) is 35.9. The van der Waals surface area contributed by atoms with Crippen molar-refractivity contribution < 1.29 is 28.2 Å². The first-order valence-electron chi connectivity index (χ1n) is 8.31. The van der Waals surface area contributed by atoms with Crippen LogP contribution >= 0.6 is 11.3 Å².